The molecule has 7 rings (SSSR count). The molecule has 0 unspecified atom stereocenters. The standard InChI is InChI=1S/C26H22N6O2/c33-23(30-11-10-20-21(13-30)28-15-27-20)14-32-22-8-4-2-5-16(22)17-9-12-31-25(24(17)32)29-19-7-3-1-6-18(19)26(31)34/h1-8,15H,9-14H2,(H,27,28). The minimum Gasteiger partial charge on any atom is -0.347 e. The van der Waals surface area contributed by atoms with Gasteiger partial charge in [0.15, 0.2) is 5.82 Å². The number of carbonyl (C=O) groups is 1. The Morgan fingerprint density at radius 1 is 1.00 bits per heavy atom. The third-order valence-electron chi connectivity index (χ3n) is 7.16. The molecule has 8 nitrogen and oxygen atoms in total. The third-order valence-corrected chi connectivity index (χ3v) is 7.16. The molecule has 0 spiro atoms. The number of benzene rings is 2. The maximum Gasteiger partial charge on any atom is 0.261 e. The Kier molecular flexibility index (Phi) is 4.05. The van der Waals surface area contributed by atoms with E-state index in [9.17, 15) is 9.59 Å². The van der Waals surface area contributed by atoms with Gasteiger partial charge in [-0.25, -0.2) is 9.97 Å². The highest BCUT2D eigenvalue weighted by atomic mass is 16.2. The van der Waals surface area contributed by atoms with Gasteiger partial charge >= 0.3 is 0 Å². The van der Waals surface area contributed by atoms with E-state index in [4.69, 9.17) is 4.98 Å². The molecule has 0 radical (unpaired) electrons. The van der Waals surface area contributed by atoms with E-state index < -0.39 is 0 Å². The predicted molar refractivity (Wildman–Crippen MR) is 128 cm³/mol. The molecular weight excluding hydrogens is 428 g/mol. The lowest BCUT2D eigenvalue weighted by Gasteiger charge is -2.27. The van der Waals surface area contributed by atoms with Crippen LogP contribution in [0.5, 0.6) is 0 Å². The fraction of sp³-hybridized carbons (Fsp3) is 0.231. The summed E-state index contributed by atoms with van der Waals surface area (Å²) in [6, 6.07) is 15.6. The molecule has 2 aromatic carbocycles. The quantitative estimate of drug-likeness (QED) is 0.448. The second-order valence-electron chi connectivity index (χ2n) is 8.98. The van der Waals surface area contributed by atoms with Crippen LogP contribution < -0.4 is 5.56 Å². The average molecular weight is 451 g/mol. The summed E-state index contributed by atoms with van der Waals surface area (Å²) in [6.45, 7) is 1.96. The first kappa shape index (κ1) is 19.3. The summed E-state index contributed by atoms with van der Waals surface area (Å²) in [7, 11) is 0. The van der Waals surface area contributed by atoms with Gasteiger partial charge in [0.25, 0.3) is 5.56 Å². The number of carbonyl (C=O) groups excluding carboxylic acids is 1. The van der Waals surface area contributed by atoms with Gasteiger partial charge in [-0.05, 0) is 30.2 Å². The molecule has 1 N–H and O–H groups in total. The molecule has 8 heteroatoms. The zero-order chi connectivity index (χ0) is 22.8. The normalized spacial score (nSPS) is 14.8. The van der Waals surface area contributed by atoms with E-state index in [-0.39, 0.29) is 18.0 Å². The largest absolute Gasteiger partial charge is 0.347 e. The van der Waals surface area contributed by atoms with Gasteiger partial charge in [0, 0.05) is 30.4 Å². The molecule has 0 fully saturated rings. The Balaban J connectivity index is 1.39. The number of fused-ring (bicyclic) bond motifs is 7. The predicted octanol–water partition coefficient (Wildman–Crippen LogP) is 2.88. The van der Waals surface area contributed by atoms with Crippen LogP contribution in [0.25, 0.3) is 33.3 Å². The summed E-state index contributed by atoms with van der Waals surface area (Å²) in [5.41, 5.74) is 5.72. The van der Waals surface area contributed by atoms with Crippen LogP contribution in [0.3, 0.4) is 0 Å². The van der Waals surface area contributed by atoms with Crippen molar-refractivity contribution in [2.24, 2.45) is 0 Å². The average Bonchev–Trinajstić information content (AvgIpc) is 3.47. The van der Waals surface area contributed by atoms with Gasteiger partial charge in [-0.2, -0.15) is 0 Å². The first-order valence-electron chi connectivity index (χ1n) is 11.6. The molecule has 0 bridgehead atoms. The molecule has 34 heavy (non-hydrogen) atoms. The van der Waals surface area contributed by atoms with Gasteiger partial charge in [0.1, 0.15) is 6.54 Å². The second kappa shape index (κ2) is 7.15. The van der Waals surface area contributed by atoms with Crippen molar-refractivity contribution >= 4 is 27.7 Å². The fourth-order valence-electron chi connectivity index (χ4n) is 5.49. The third kappa shape index (κ3) is 2.71. The minimum absolute atomic E-state index is 0.0304. The number of amides is 1. The van der Waals surface area contributed by atoms with Crippen molar-refractivity contribution in [3.63, 3.8) is 0 Å². The van der Waals surface area contributed by atoms with Crippen molar-refractivity contribution in [1.29, 1.82) is 0 Å². The number of hydrogen-bond donors (Lipinski definition) is 1. The summed E-state index contributed by atoms with van der Waals surface area (Å²) in [5.74, 6) is 0.688. The second-order valence-corrected chi connectivity index (χ2v) is 8.98. The minimum atomic E-state index is -0.0304. The number of nitrogens with zero attached hydrogens (tertiary/aromatic N) is 5. The van der Waals surface area contributed by atoms with E-state index in [0.717, 1.165) is 46.4 Å². The van der Waals surface area contributed by atoms with E-state index >= 15 is 0 Å². The Morgan fingerprint density at radius 2 is 1.82 bits per heavy atom. The molecule has 5 heterocycles. The maximum atomic E-state index is 13.5. The van der Waals surface area contributed by atoms with Gasteiger partial charge in [0.2, 0.25) is 5.91 Å². The lowest BCUT2D eigenvalue weighted by molar-refractivity contribution is -0.132. The Bertz CT molecular complexity index is 1670. The van der Waals surface area contributed by atoms with Crippen molar-refractivity contribution in [2.75, 3.05) is 6.54 Å². The maximum absolute atomic E-state index is 13.5. The van der Waals surface area contributed by atoms with Gasteiger partial charge in [0.05, 0.1) is 40.9 Å². The summed E-state index contributed by atoms with van der Waals surface area (Å²) in [6.07, 6.45) is 3.17. The lowest BCUT2D eigenvalue weighted by Crippen LogP contribution is -2.38. The molecule has 0 aliphatic carbocycles. The molecule has 2 aliphatic rings. The summed E-state index contributed by atoms with van der Waals surface area (Å²) >= 11 is 0. The van der Waals surface area contributed by atoms with Crippen LogP contribution in [0.4, 0.5) is 0 Å². The summed E-state index contributed by atoms with van der Waals surface area (Å²) in [5, 5.41) is 1.74. The Hall–Kier alpha value is -4.20. The number of imidazole rings is 1. The summed E-state index contributed by atoms with van der Waals surface area (Å²) in [4.78, 5) is 41.1. The van der Waals surface area contributed by atoms with E-state index in [1.807, 2.05) is 47.4 Å². The smallest absolute Gasteiger partial charge is 0.261 e. The van der Waals surface area contributed by atoms with Gasteiger partial charge in [-0.15, -0.1) is 0 Å². The summed E-state index contributed by atoms with van der Waals surface area (Å²) < 4.78 is 3.82. The first-order chi connectivity index (χ1) is 16.7. The number of nitrogens with one attached hydrogen (secondary N) is 1. The number of aromatic nitrogens is 5. The molecule has 1 amide bonds. The number of rotatable bonds is 2. The molecule has 168 valence electrons. The number of aromatic amines is 1. The highest BCUT2D eigenvalue weighted by Crippen LogP contribution is 2.36. The highest BCUT2D eigenvalue weighted by molar-refractivity contribution is 5.94. The van der Waals surface area contributed by atoms with E-state index in [1.165, 1.54) is 0 Å². The van der Waals surface area contributed by atoms with Crippen molar-refractivity contribution in [3.05, 3.63) is 82.2 Å². The topological polar surface area (TPSA) is 88.8 Å². The van der Waals surface area contributed by atoms with Crippen LogP contribution in [0.15, 0.2) is 59.7 Å². The van der Waals surface area contributed by atoms with Crippen LogP contribution >= 0.6 is 0 Å². The van der Waals surface area contributed by atoms with E-state index in [0.29, 0.717) is 36.4 Å². The molecule has 2 aliphatic heterocycles. The fourth-order valence-corrected chi connectivity index (χ4v) is 5.49. The van der Waals surface area contributed by atoms with Crippen LogP contribution in [-0.2, 0) is 37.3 Å². The molecular formula is C26H22N6O2. The number of H-pyrrole nitrogens is 1. The van der Waals surface area contributed by atoms with Crippen molar-refractivity contribution in [3.8, 4) is 11.5 Å². The first-order valence-corrected chi connectivity index (χ1v) is 11.6. The number of hydrogen-bond acceptors (Lipinski definition) is 4. The van der Waals surface area contributed by atoms with Crippen molar-refractivity contribution < 1.29 is 4.79 Å². The Morgan fingerprint density at radius 3 is 2.74 bits per heavy atom. The van der Waals surface area contributed by atoms with Crippen LogP contribution in [0, 0.1) is 0 Å². The van der Waals surface area contributed by atoms with Crippen LogP contribution in [0.2, 0.25) is 0 Å². The molecule has 0 saturated carbocycles. The zero-order valence-electron chi connectivity index (χ0n) is 18.5. The van der Waals surface area contributed by atoms with Gasteiger partial charge in [-0.1, -0.05) is 30.3 Å². The van der Waals surface area contributed by atoms with Crippen LogP contribution in [-0.4, -0.2) is 41.4 Å². The Labute approximate surface area is 194 Å². The number of aryl methyl sites for hydroxylation is 1. The van der Waals surface area contributed by atoms with E-state index in [2.05, 4.69) is 20.6 Å². The van der Waals surface area contributed by atoms with Gasteiger partial charge in [-0.3, -0.25) is 14.2 Å². The number of para-hydroxylation sites is 2. The zero-order valence-corrected chi connectivity index (χ0v) is 18.5. The monoisotopic (exact) mass is 450 g/mol. The lowest BCUT2D eigenvalue weighted by atomic mass is 10.0. The molecule has 0 saturated heterocycles. The molecule has 3 aromatic heterocycles. The van der Waals surface area contributed by atoms with Crippen LogP contribution in [0.1, 0.15) is 17.0 Å². The van der Waals surface area contributed by atoms with E-state index in [1.54, 1.807) is 10.9 Å². The highest BCUT2D eigenvalue weighted by Gasteiger charge is 2.29. The van der Waals surface area contributed by atoms with Gasteiger partial charge < -0.3 is 14.5 Å². The SMILES string of the molecule is O=C(Cn1c2c(c3ccccc31)CCn1c-2nc2ccccc2c1=O)N1CCc2nc[nH]c2C1. The van der Waals surface area contributed by atoms with Crippen molar-refractivity contribution in [2.45, 2.75) is 32.5 Å². The van der Waals surface area contributed by atoms with Crippen molar-refractivity contribution in [1.82, 2.24) is 29.0 Å². The molecule has 5 aromatic rings. The molecule has 0 atom stereocenters.